The Kier molecular flexibility index (Phi) is 7.32. The fourth-order valence-electron chi connectivity index (χ4n) is 1.49. The summed E-state index contributed by atoms with van der Waals surface area (Å²) in [7, 11) is 1.69. The minimum Gasteiger partial charge on any atom is -0.493 e. The Bertz CT molecular complexity index is 418. The first-order valence-corrected chi connectivity index (χ1v) is 6.58. The summed E-state index contributed by atoms with van der Waals surface area (Å²) in [6.45, 7) is 3.42. The van der Waals surface area contributed by atoms with Crippen molar-refractivity contribution < 1.29 is 9.47 Å². The zero-order valence-corrected chi connectivity index (χ0v) is 11.7. The molecule has 0 saturated carbocycles. The van der Waals surface area contributed by atoms with Gasteiger partial charge in [0.05, 0.1) is 6.61 Å². The zero-order valence-electron chi connectivity index (χ0n) is 11.0. The molecule has 0 unspecified atom stereocenters. The highest BCUT2D eigenvalue weighted by Crippen LogP contribution is 2.18. The number of ether oxygens (including phenoxy) is 2. The molecule has 3 heteroatoms. The average molecular weight is 267 g/mol. The van der Waals surface area contributed by atoms with Crippen molar-refractivity contribution in [2.24, 2.45) is 0 Å². The zero-order chi connectivity index (χ0) is 13.2. The molecule has 0 amide bonds. The quantitative estimate of drug-likeness (QED) is 0.446. The van der Waals surface area contributed by atoms with Gasteiger partial charge in [0.25, 0.3) is 0 Å². The van der Waals surface area contributed by atoms with E-state index in [-0.39, 0.29) is 0 Å². The van der Waals surface area contributed by atoms with Crippen LogP contribution in [0.4, 0.5) is 0 Å². The summed E-state index contributed by atoms with van der Waals surface area (Å²) in [6.07, 6.45) is 1.61. The van der Waals surface area contributed by atoms with E-state index in [2.05, 4.69) is 11.8 Å². The molecule has 0 spiro atoms. The van der Waals surface area contributed by atoms with Crippen molar-refractivity contribution in [2.75, 3.05) is 26.2 Å². The molecule has 98 valence electrons. The number of hydrogen-bond donors (Lipinski definition) is 0. The van der Waals surface area contributed by atoms with Crippen LogP contribution in [0, 0.1) is 18.8 Å². The van der Waals surface area contributed by atoms with Crippen LogP contribution in [0.25, 0.3) is 0 Å². The van der Waals surface area contributed by atoms with Crippen LogP contribution < -0.4 is 4.74 Å². The normalized spacial score (nSPS) is 9.72. The maximum atomic E-state index is 5.67. The topological polar surface area (TPSA) is 18.5 Å². The summed E-state index contributed by atoms with van der Waals surface area (Å²) >= 11 is 5.57. The number of benzene rings is 1. The molecule has 0 bridgehead atoms. The van der Waals surface area contributed by atoms with E-state index in [4.69, 9.17) is 21.1 Å². The van der Waals surface area contributed by atoms with E-state index >= 15 is 0 Å². The molecule has 1 aromatic rings. The lowest BCUT2D eigenvalue weighted by molar-refractivity contribution is 0.172. The van der Waals surface area contributed by atoms with Crippen LogP contribution in [0.1, 0.15) is 24.0 Å². The molecule has 1 rings (SSSR count). The van der Waals surface area contributed by atoms with E-state index < -0.39 is 0 Å². The van der Waals surface area contributed by atoms with Gasteiger partial charge >= 0.3 is 0 Å². The number of rotatable bonds is 6. The molecule has 0 aliphatic heterocycles. The molecule has 0 atom stereocenters. The second-order valence-electron chi connectivity index (χ2n) is 3.92. The molecule has 0 aromatic heterocycles. The molecule has 0 N–H and O–H groups in total. The van der Waals surface area contributed by atoms with Gasteiger partial charge in [0.1, 0.15) is 5.75 Å². The van der Waals surface area contributed by atoms with Crippen molar-refractivity contribution in [3.63, 3.8) is 0 Å². The smallest absolute Gasteiger partial charge is 0.122 e. The predicted octanol–water partition coefficient (Wildman–Crippen LogP) is 3.39. The van der Waals surface area contributed by atoms with E-state index in [0.29, 0.717) is 12.5 Å². The molecule has 18 heavy (non-hydrogen) atoms. The molecule has 0 saturated heterocycles. The summed E-state index contributed by atoms with van der Waals surface area (Å²) in [5.41, 5.74) is 2.10. The second-order valence-corrected chi connectivity index (χ2v) is 4.29. The largest absolute Gasteiger partial charge is 0.493 e. The Balaban J connectivity index is 2.54. The van der Waals surface area contributed by atoms with Gasteiger partial charge in [0.2, 0.25) is 0 Å². The van der Waals surface area contributed by atoms with Crippen molar-refractivity contribution in [3.8, 4) is 17.6 Å². The van der Waals surface area contributed by atoms with E-state index in [9.17, 15) is 0 Å². The molecular formula is C15H19ClO2. The number of alkyl halides is 1. The van der Waals surface area contributed by atoms with Crippen LogP contribution in [0.3, 0.4) is 0 Å². The van der Waals surface area contributed by atoms with Crippen molar-refractivity contribution in [1.82, 2.24) is 0 Å². The lowest BCUT2D eigenvalue weighted by atomic mass is 10.1. The number of methoxy groups -OCH3 is 1. The Morgan fingerprint density at radius 3 is 2.78 bits per heavy atom. The van der Waals surface area contributed by atoms with Gasteiger partial charge in [-0.2, -0.15) is 0 Å². The summed E-state index contributed by atoms with van der Waals surface area (Å²) in [5, 5.41) is 0. The van der Waals surface area contributed by atoms with Crippen LogP contribution in [-0.4, -0.2) is 26.2 Å². The van der Waals surface area contributed by atoms with Gasteiger partial charge < -0.3 is 9.47 Å². The third-order valence-electron chi connectivity index (χ3n) is 2.38. The summed E-state index contributed by atoms with van der Waals surface area (Å²) in [6, 6.07) is 5.97. The Morgan fingerprint density at radius 2 is 2.11 bits per heavy atom. The third kappa shape index (κ3) is 5.44. The lowest BCUT2D eigenvalue weighted by Crippen LogP contribution is -2.02. The van der Waals surface area contributed by atoms with Crippen molar-refractivity contribution in [2.45, 2.75) is 19.8 Å². The number of aryl methyl sites for hydroxylation is 1. The second kappa shape index (κ2) is 8.85. The van der Waals surface area contributed by atoms with Crippen molar-refractivity contribution in [1.29, 1.82) is 0 Å². The van der Waals surface area contributed by atoms with Crippen LogP contribution >= 0.6 is 11.6 Å². The van der Waals surface area contributed by atoms with E-state index in [1.807, 2.05) is 25.1 Å². The predicted molar refractivity (Wildman–Crippen MR) is 75.4 cm³/mol. The maximum absolute atomic E-state index is 5.67. The Morgan fingerprint density at radius 1 is 1.28 bits per heavy atom. The number of halogens is 1. The first-order chi connectivity index (χ1) is 8.77. The van der Waals surface area contributed by atoms with Gasteiger partial charge in [-0.05, 0) is 30.7 Å². The summed E-state index contributed by atoms with van der Waals surface area (Å²) in [5.74, 6) is 7.59. The van der Waals surface area contributed by atoms with Crippen molar-refractivity contribution >= 4 is 11.6 Å². The van der Waals surface area contributed by atoms with E-state index in [1.54, 1.807) is 7.11 Å². The number of hydrogen-bond acceptors (Lipinski definition) is 2. The Labute approximate surface area is 114 Å². The lowest BCUT2D eigenvalue weighted by Gasteiger charge is -2.08. The molecule has 0 radical (unpaired) electrons. The highest BCUT2D eigenvalue weighted by atomic mass is 35.5. The highest BCUT2D eigenvalue weighted by Gasteiger charge is 1.99. The molecule has 0 aliphatic carbocycles. The van der Waals surface area contributed by atoms with Gasteiger partial charge in [-0.3, -0.25) is 0 Å². The maximum Gasteiger partial charge on any atom is 0.122 e. The highest BCUT2D eigenvalue weighted by molar-refractivity contribution is 6.18. The third-order valence-corrected chi connectivity index (χ3v) is 2.57. The van der Waals surface area contributed by atoms with Gasteiger partial charge in [-0.25, -0.2) is 0 Å². The Hall–Kier alpha value is -1.17. The van der Waals surface area contributed by atoms with E-state index in [1.165, 1.54) is 0 Å². The molecule has 1 aromatic carbocycles. The SMILES string of the molecule is COCCCOc1ccc(C#CCCCl)cc1C. The van der Waals surface area contributed by atoms with Crippen molar-refractivity contribution in [3.05, 3.63) is 29.3 Å². The van der Waals surface area contributed by atoms with Gasteiger partial charge in [0, 0.05) is 38.0 Å². The van der Waals surface area contributed by atoms with Crippen LogP contribution in [-0.2, 0) is 4.74 Å². The summed E-state index contributed by atoms with van der Waals surface area (Å²) < 4.78 is 10.6. The van der Waals surface area contributed by atoms with Crippen LogP contribution in [0.15, 0.2) is 18.2 Å². The fraction of sp³-hybridized carbons (Fsp3) is 0.467. The molecular weight excluding hydrogens is 248 g/mol. The molecule has 2 nitrogen and oxygen atoms in total. The minimum absolute atomic E-state index is 0.576. The monoisotopic (exact) mass is 266 g/mol. The van der Waals surface area contributed by atoms with Gasteiger partial charge in [-0.15, -0.1) is 11.6 Å². The van der Waals surface area contributed by atoms with Gasteiger partial charge in [0.15, 0.2) is 0 Å². The standard InChI is InChI=1S/C15H19ClO2/c1-13-12-14(6-3-4-9-16)7-8-15(13)18-11-5-10-17-2/h7-8,12H,4-5,9-11H2,1-2H3. The first kappa shape index (κ1) is 14.9. The molecule has 0 fully saturated rings. The van der Waals surface area contributed by atoms with Crippen LogP contribution in [0.2, 0.25) is 0 Å². The van der Waals surface area contributed by atoms with Gasteiger partial charge in [-0.1, -0.05) is 11.8 Å². The summed E-state index contributed by atoms with van der Waals surface area (Å²) in [4.78, 5) is 0. The fourth-order valence-corrected chi connectivity index (χ4v) is 1.58. The first-order valence-electron chi connectivity index (χ1n) is 6.05. The molecule has 0 aliphatic rings. The van der Waals surface area contributed by atoms with E-state index in [0.717, 1.165) is 36.3 Å². The average Bonchev–Trinajstić information content (AvgIpc) is 2.37. The minimum atomic E-state index is 0.576. The molecule has 0 heterocycles. The van der Waals surface area contributed by atoms with Crippen LogP contribution in [0.5, 0.6) is 5.75 Å².